The fourth-order valence-corrected chi connectivity index (χ4v) is 3.53. The van der Waals surface area contributed by atoms with Crippen LogP contribution in [0.15, 0.2) is 18.3 Å². The molecule has 1 aromatic rings. The zero-order chi connectivity index (χ0) is 15.7. The van der Waals surface area contributed by atoms with Crippen molar-refractivity contribution in [3.63, 3.8) is 0 Å². The van der Waals surface area contributed by atoms with Gasteiger partial charge in [-0.1, -0.05) is 25.4 Å². The van der Waals surface area contributed by atoms with Gasteiger partial charge in [0.25, 0.3) is 0 Å². The van der Waals surface area contributed by atoms with Crippen molar-refractivity contribution >= 4 is 23.3 Å². The second-order valence-electron chi connectivity index (χ2n) is 7.12. The van der Waals surface area contributed by atoms with Gasteiger partial charge in [-0.15, -0.1) is 0 Å². The average molecular weight is 322 g/mol. The third-order valence-corrected chi connectivity index (χ3v) is 5.26. The minimum atomic E-state index is 0.151. The molecule has 1 saturated carbocycles. The molecule has 4 nitrogen and oxygen atoms in total. The molecule has 0 N–H and O–H groups in total. The Kier molecular flexibility index (Phi) is 4.31. The van der Waals surface area contributed by atoms with Gasteiger partial charge < -0.3 is 9.80 Å². The molecule has 1 aliphatic carbocycles. The van der Waals surface area contributed by atoms with E-state index < -0.39 is 0 Å². The van der Waals surface area contributed by atoms with E-state index in [4.69, 9.17) is 11.6 Å². The maximum atomic E-state index is 12.5. The maximum Gasteiger partial charge on any atom is 0.223 e. The largest absolute Gasteiger partial charge is 0.352 e. The van der Waals surface area contributed by atoms with E-state index in [0.29, 0.717) is 17.4 Å². The van der Waals surface area contributed by atoms with E-state index in [-0.39, 0.29) is 5.41 Å². The molecular weight excluding hydrogens is 298 g/mol. The average Bonchev–Trinajstić information content (AvgIpc) is 3.33. The van der Waals surface area contributed by atoms with Crippen molar-refractivity contribution < 1.29 is 4.79 Å². The number of rotatable bonds is 4. The number of hydrogen-bond acceptors (Lipinski definition) is 3. The maximum absolute atomic E-state index is 12.5. The predicted molar refractivity (Wildman–Crippen MR) is 89.2 cm³/mol. The van der Waals surface area contributed by atoms with E-state index >= 15 is 0 Å². The summed E-state index contributed by atoms with van der Waals surface area (Å²) in [5.74, 6) is 1.86. The van der Waals surface area contributed by atoms with Gasteiger partial charge in [-0.2, -0.15) is 0 Å². The number of amides is 1. The Labute approximate surface area is 137 Å². The van der Waals surface area contributed by atoms with E-state index in [9.17, 15) is 4.79 Å². The Morgan fingerprint density at radius 2 is 2.00 bits per heavy atom. The number of hydrogen-bond donors (Lipinski definition) is 0. The predicted octanol–water partition coefficient (Wildman–Crippen LogP) is 3.21. The highest BCUT2D eigenvalue weighted by Gasteiger charge is 2.40. The van der Waals surface area contributed by atoms with Gasteiger partial charge in [0.2, 0.25) is 5.91 Å². The fourth-order valence-electron chi connectivity index (χ4n) is 3.29. The first kappa shape index (κ1) is 15.6. The number of halogens is 1. The van der Waals surface area contributed by atoms with Gasteiger partial charge in [-0.05, 0) is 36.3 Å². The van der Waals surface area contributed by atoms with Gasteiger partial charge >= 0.3 is 0 Å². The molecule has 1 saturated heterocycles. The Morgan fingerprint density at radius 1 is 1.32 bits per heavy atom. The van der Waals surface area contributed by atoms with Crippen LogP contribution in [0.4, 0.5) is 5.82 Å². The summed E-state index contributed by atoms with van der Waals surface area (Å²) in [6, 6.07) is 3.70. The first-order valence-electron chi connectivity index (χ1n) is 8.10. The number of carbonyl (C=O) groups is 1. The summed E-state index contributed by atoms with van der Waals surface area (Å²) in [4.78, 5) is 21.0. The Morgan fingerprint density at radius 3 is 2.59 bits per heavy atom. The minimum Gasteiger partial charge on any atom is -0.352 e. The summed E-state index contributed by atoms with van der Waals surface area (Å²) in [6.07, 6.45) is 5.00. The summed E-state index contributed by atoms with van der Waals surface area (Å²) in [7, 11) is 0. The highest BCUT2D eigenvalue weighted by Crippen LogP contribution is 2.47. The second kappa shape index (κ2) is 6.07. The number of anilines is 1. The van der Waals surface area contributed by atoms with Crippen LogP contribution in [0.3, 0.4) is 0 Å². The molecule has 120 valence electrons. The van der Waals surface area contributed by atoms with Gasteiger partial charge in [-0.3, -0.25) is 4.79 Å². The molecule has 0 atom stereocenters. The lowest BCUT2D eigenvalue weighted by molar-refractivity contribution is -0.133. The minimum absolute atomic E-state index is 0.151. The van der Waals surface area contributed by atoms with Crippen molar-refractivity contribution in [3.8, 4) is 0 Å². The number of carbonyl (C=O) groups excluding carboxylic acids is 1. The molecule has 0 spiro atoms. The molecule has 3 rings (SSSR count). The number of nitrogens with zero attached hydrogens (tertiary/aromatic N) is 3. The first-order valence-corrected chi connectivity index (χ1v) is 8.48. The number of aromatic nitrogens is 1. The van der Waals surface area contributed by atoms with Gasteiger partial charge in [0, 0.05) is 38.8 Å². The van der Waals surface area contributed by atoms with Crippen LogP contribution in [0.5, 0.6) is 0 Å². The van der Waals surface area contributed by atoms with Crippen LogP contribution in [0.25, 0.3) is 0 Å². The molecule has 22 heavy (non-hydrogen) atoms. The molecular formula is C17H24ClN3O. The van der Waals surface area contributed by atoms with Gasteiger partial charge in [-0.25, -0.2) is 4.98 Å². The van der Waals surface area contributed by atoms with E-state index in [0.717, 1.165) is 37.9 Å². The molecule has 2 fully saturated rings. The quantitative estimate of drug-likeness (QED) is 0.854. The summed E-state index contributed by atoms with van der Waals surface area (Å²) in [6.45, 7) is 7.57. The van der Waals surface area contributed by atoms with Gasteiger partial charge in [0.1, 0.15) is 5.82 Å². The van der Waals surface area contributed by atoms with Crippen molar-refractivity contribution in [1.29, 1.82) is 0 Å². The molecule has 1 amide bonds. The first-order chi connectivity index (χ1) is 10.5. The van der Waals surface area contributed by atoms with Crippen molar-refractivity contribution in [2.24, 2.45) is 11.3 Å². The Hall–Kier alpha value is -1.29. The van der Waals surface area contributed by atoms with E-state index in [1.807, 2.05) is 17.0 Å². The topological polar surface area (TPSA) is 36.4 Å². The molecule has 2 aliphatic rings. The highest BCUT2D eigenvalue weighted by molar-refractivity contribution is 6.32. The normalized spacial score (nSPS) is 19.4. The zero-order valence-corrected chi connectivity index (χ0v) is 14.1. The van der Waals surface area contributed by atoms with Crippen LogP contribution in [0.1, 0.15) is 33.1 Å². The number of piperazine rings is 1. The van der Waals surface area contributed by atoms with E-state index in [2.05, 4.69) is 23.7 Å². The van der Waals surface area contributed by atoms with Crippen molar-refractivity contribution in [1.82, 2.24) is 9.88 Å². The molecule has 2 heterocycles. The van der Waals surface area contributed by atoms with Gasteiger partial charge in [0.05, 0.1) is 5.02 Å². The van der Waals surface area contributed by atoms with Crippen LogP contribution in [0, 0.1) is 11.3 Å². The summed E-state index contributed by atoms with van der Waals surface area (Å²) in [5.41, 5.74) is 0.151. The third-order valence-electron chi connectivity index (χ3n) is 4.96. The van der Waals surface area contributed by atoms with Crippen molar-refractivity contribution in [2.75, 3.05) is 31.1 Å². The molecule has 1 aliphatic heterocycles. The number of pyridine rings is 1. The van der Waals surface area contributed by atoms with Crippen molar-refractivity contribution in [2.45, 2.75) is 33.1 Å². The van der Waals surface area contributed by atoms with Gasteiger partial charge in [0.15, 0.2) is 0 Å². The Balaban J connectivity index is 1.55. The molecule has 0 aromatic carbocycles. The van der Waals surface area contributed by atoms with E-state index in [1.165, 1.54) is 12.8 Å². The summed E-state index contributed by atoms with van der Waals surface area (Å²) >= 11 is 6.20. The van der Waals surface area contributed by atoms with Crippen LogP contribution in [-0.2, 0) is 4.79 Å². The smallest absolute Gasteiger partial charge is 0.223 e. The molecule has 1 aromatic heterocycles. The van der Waals surface area contributed by atoms with Crippen LogP contribution >= 0.6 is 11.6 Å². The Bertz CT molecular complexity index is 549. The van der Waals surface area contributed by atoms with E-state index in [1.54, 1.807) is 6.20 Å². The standard InChI is InChI=1S/C17H24ClN3O/c1-17(2,13-5-6-13)12-15(22)20-8-10-21(11-9-20)16-14(18)4-3-7-19-16/h3-4,7,13H,5-6,8-12H2,1-2H3. The van der Waals surface area contributed by atoms with Crippen LogP contribution < -0.4 is 4.90 Å². The van der Waals surface area contributed by atoms with Crippen LogP contribution in [0.2, 0.25) is 5.02 Å². The fraction of sp³-hybridized carbons (Fsp3) is 0.647. The lowest BCUT2D eigenvalue weighted by atomic mass is 9.83. The van der Waals surface area contributed by atoms with Crippen molar-refractivity contribution in [3.05, 3.63) is 23.4 Å². The molecule has 5 heteroatoms. The molecule has 0 bridgehead atoms. The SMILES string of the molecule is CC(C)(CC(=O)N1CCN(c2ncccc2Cl)CC1)C1CC1. The lowest BCUT2D eigenvalue weighted by Gasteiger charge is -2.37. The third kappa shape index (κ3) is 3.37. The molecule has 0 unspecified atom stereocenters. The second-order valence-corrected chi connectivity index (χ2v) is 7.52. The monoisotopic (exact) mass is 321 g/mol. The zero-order valence-electron chi connectivity index (χ0n) is 13.4. The summed E-state index contributed by atoms with van der Waals surface area (Å²) in [5, 5.41) is 0.678. The highest BCUT2D eigenvalue weighted by atomic mass is 35.5. The van der Waals surface area contributed by atoms with Crippen LogP contribution in [-0.4, -0.2) is 42.0 Å². The molecule has 0 radical (unpaired) electrons. The lowest BCUT2D eigenvalue weighted by Crippen LogP contribution is -2.49. The summed E-state index contributed by atoms with van der Waals surface area (Å²) < 4.78 is 0.